The average molecular weight is 428 g/mol. The maximum Gasteiger partial charge on any atom is 0.155 e. The molecule has 0 bridgehead atoms. The van der Waals surface area contributed by atoms with E-state index in [2.05, 4.69) is 38.8 Å². The molecule has 0 aliphatic carbocycles. The number of H-pyrrole nitrogens is 1. The molecule has 5 rings (SSSR count). The summed E-state index contributed by atoms with van der Waals surface area (Å²) in [5, 5.41) is 8.65. The molecule has 0 saturated carbocycles. The number of thiophene rings is 1. The molecule has 0 radical (unpaired) electrons. The molecule has 3 aromatic heterocycles. The van der Waals surface area contributed by atoms with E-state index in [0.717, 1.165) is 86.9 Å². The second-order valence-electron chi connectivity index (χ2n) is 8.38. The van der Waals surface area contributed by atoms with Crippen molar-refractivity contribution in [3.63, 3.8) is 0 Å². The first-order chi connectivity index (χ1) is 14.6. The molecule has 5 heterocycles. The molecule has 0 amide bonds. The van der Waals surface area contributed by atoms with Gasteiger partial charge in [-0.25, -0.2) is 15.0 Å². The number of aryl methyl sites for hydroxylation is 3. The molecule has 9 heteroatoms. The lowest BCUT2D eigenvalue weighted by molar-refractivity contribution is 0.0331. The van der Waals surface area contributed by atoms with Crippen LogP contribution in [0.2, 0.25) is 0 Å². The van der Waals surface area contributed by atoms with Gasteiger partial charge in [0.05, 0.1) is 25.1 Å². The van der Waals surface area contributed by atoms with E-state index >= 15 is 0 Å². The van der Waals surface area contributed by atoms with E-state index in [1.54, 1.807) is 11.3 Å². The average Bonchev–Trinajstić information content (AvgIpc) is 3.31. The highest BCUT2D eigenvalue weighted by atomic mass is 32.1. The van der Waals surface area contributed by atoms with Gasteiger partial charge in [0.25, 0.3) is 0 Å². The van der Waals surface area contributed by atoms with E-state index < -0.39 is 0 Å². The molecule has 0 aromatic carbocycles. The maximum atomic E-state index is 5.50. The molecule has 3 aromatic rings. The van der Waals surface area contributed by atoms with Crippen molar-refractivity contribution in [2.24, 2.45) is 0 Å². The van der Waals surface area contributed by atoms with Crippen LogP contribution in [0.1, 0.15) is 46.7 Å². The minimum Gasteiger partial charge on any atom is -0.379 e. The highest BCUT2D eigenvalue weighted by molar-refractivity contribution is 7.18. The number of nitrogens with one attached hydrogen (secondary N) is 1. The number of rotatable bonds is 4. The van der Waals surface area contributed by atoms with Crippen LogP contribution in [0, 0.1) is 20.8 Å². The number of piperidine rings is 1. The van der Waals surface area contributed by atoms with Gasteiger partial charge < -0.3 is 9.64 Å². The van der Waals surface area contributed by atoms with Gasteiger partial charge in [-0.1, -0.05) is 0 Å². The Balaban J connectivity index is 1.49. The fraction of sp³-hybridized carbons (Fsp3) is 0.619. The number of aromatic nitrogens is 5. The van der Waals surface area contributed by atoms with Crippen LogP contribution in [-0.2, 0) is 11.3 Å². The van der Waals surface area contributed by atoms with Crippen LogP contribution in [0.3, 0.4) is 0 Å². The van der Waals surface area contributed by atoms with Crippen LogP contribution in [0.25, 0.3) is 10.2 Å². The molecule has 1 N–H and O–H groups in total. The molecule has 160 valence electrons. The molecule has 8 nitrogen and oxygen atoms in total. The largest absolute Gasteiger partial charge is 0.379 e. The van der Waals surface area contributed by atoms with E-state index in [9.17, 15) is 0 Å². The minimum absolute atomic E-state index is 0.330. The third kappa shape index (κ3) is 3.81. The Kier molecular flexibility index (Phi) is 5.43. The number of nitrogens with zero attached hydrogens (tertiary/aromatic N) is 6. The Morgan fingerprint density at radius 1 is 1.10 bits per heavy atom. The summed E-state index contributed by atoms with van der Waals surface area (Å²) < 4.78 is 5.50. The lowest BCUT2D eigenvalue weighted by Crippen LogP contribution is -2.37. The predicted molar refractivity (Wildman–Crippen MR) is 118 cm³/mol. The van der Waals surface area contributed by atoms with Crippen molar-refractivity contribution in [1.29, 1.82) is 0 Å². The Bertz CT molecular complexity index is 1040. The first-order valence-electron chi connectivity index (χ1n) is 10.8. The molecular weight excluding hydrogens is 398 g/mol. The normalized spacial score (nSPS) is 20.9. The highest BCUT2D eigenvalue weighted by Gasteiger charge is 2.28. The van der Waals surface area contributed by atoms with Crippen LogP contribution < -0.4 is 4.90 Å². The number of ether oxygens (including phenoxy) is 1. The van der Waals surface area contributed by atoms with E-state index in [1.807, 2.05) is 6.92 Å². The van der Waals surface area contributed by atoms with Crippen molar-refractivity contribution in [2.75, 3.05) is 44.3 Å². The van der Waals surface area contributed by atoms with Crippen molar-refractivity contribution in [3.8, 4) is 0 Å². The Labute approximate surface area is 180 Å². The van der Waals surface area contributed by atoms with Gasteiger partial charge in [0.2, 0.25) is 0 Å². The predicted octanol–water partition coefficient (Wildman–Crippen LogP) is 2.95. The van der Waals surface area contributed by atoms with Crippen LogP contribution in [0.4, 0.5) is 5.82 Å². The maximum absolute atomic E-state index is 5.50. The van der Waals surface area contributed by atoms with Gasteiger partial charge in [-0.2, -0.15) is 5.10 Å². The summed E-state index contributed by atoms with van der Waals surface area (Å²) in [6.45, 7) is 12.5. The Morgan fingerprint density at radius 2 is 1.93 bits per heavy atom. The van der Waals surface area contributed by atoms with Crippen LogP contribution in [0.5, 0.6) is 0 Å². The summed E-state index contributed by atoms with van der Waals surface area (Å²) in [5.74, 6) is 4.13. The molecule has 2 saturated heterocycles. The fourth-order valence-electron chi connectivity index (χ4n) is 4.45. The third-order valence-electron chi connectivity index (χ3n) is 6.23. The first kappa shape index (κ1) is 19.8. The lowest BCUT2D eigenvalue weighted by atomic mass is 9.97. The zero-order valence-corrected chi connectivity index (χ0v) is 18.8. The number of hydrogen-bond acceptors (Lipinski definition) is 8. The van der Waals surface area contributed by atoms with Crippen molar-refractivity contribution < 1.29 is 4.74 Å². The monoisotopic (exact) mass is 427 g/mol. The molecule has 1 atom stereocenters. The van der Waals surface area contributed by atoms with Crippen LogP contribution in [0.15, 0.2) is 0 Å². The van der Waals surface area contributed by atoms with E-state index in [0.29, 0.717) is 5.92 Å². The number of fused-ring (bicyclic) bond motifs is 1. The summed E-state index contributed by atoms with van der Waals surface area (Å²) in [6.07, 6.45) is 2.23. The molecule has 30 heavy (non-hydrogen) atoms. The minimum atomic E-state index is 0.330. The van der Waals surface area contributed by atoms with Gasteiger partial charge in [0, 0.05) is 37.0 Å². The standard InChI is InChI=1S/C21H29N7OS/c1-13-14(2)30-21-18(13)20(23-17(24-21)12-27-7-9-29-10-8-27)28-6-4-5-16(11-28)19-22-15(3)25-26-19/h16H,4-12H2,1-3H3,(H,22,25,26). The Hall–Kier alpha value is -2.10. The summed E-state index contributed by atoms with van der Waals surface area (Å²) in [7, 11) is 0. The topological polar surface area (TPSA) is 83.1 Å². The van der Waals surface area contributed by atoms with Gasteiger partial charge in [-0.15, -0.1) is 11.3 Å². The van der Waals surface area contributed by atoms with Gasteiger partial charge in [-0.3, -0.25) is 10.00 Å². The SMILES string of the molecule is Cc1nc(C2CCCN(c3nc(CN4CCOCC4)nc4sc(C)c(C)c34)C2)n[nH]1. The number of morpholine rings is 1. The molecule has 2 fully saturated rings. The van der Waals surface area contributed by atoms with Crippen molar-refractivity contribution in [2.45, 2.75) is 46.1 Å². The summed E-state index contributed by atoms with van der Waals surface area (Å²) >= 11 is 1.78. The zero-order valence-electron chi connectivity index (χ0n) is 17.9. The zero-order chi connectivity index (χ0) is 20.7. The van der Waals surface area contributed by atoms with Crippen molar-refractivity contribution in [3.05, 3.63) is 27.9 Å². The second kappa shape index (κ2) is 8.20. The molecular formula is C21H29N7OS. The van der Waals surface area contributed by atoms with Gasteiger partial charge in [0.15, 0.2) is 5.82 Å². The summed E-state index contributed by atoms with van der Waals surface area (Å²) in [4.78, 5) is 21.9. The fourth-order valence-corrected chi connectivity index (χ4v) is 5.50. The molecule has 1 unspecified atom stereocenters. The Morgan fingerprint density at radius 3 is 2.70 bits per heavy atom. The van der Waals surface area contributed by atoms with Crippen molar-refractivity contribution >= 4 is 27.4 Å². The van der Waals surface area contributed by atoms with Gasteiger partial charge in [-0.05, 0) is 39.2 Å². The number of hydrogen-bond donors (Lipinski definition) is 1. The van der Waals surface area contributed by atoms with Crippen LogP contribution in [-0.4, -0.2) is 69.4 Å². The quantitative estimate of drug-likeness (QED) is 0.685. The molecule has 0 spiro atoms. The molecule has 2 aliphatic heterocycles. The van der Waals surface area contributed by atoms with Gasteiger partial charge in [0.1, 0.15) is 22.3 Å². The smallest absolute Gasteiger partial charge is 0.155 e. The highest BCUT2D eigenvalue weighted by Crippen LogP contribution is 2.37. The number of anilines is 1. The van der Waals surface area contributed by atoms with Crippen LogP contribution >= 0.6 is 11.3 Å². The van der Waals surface area contributed by atoms with Gasteiger partial charge >= 0.3 is 0 Å². The van der Waals surface area contributed by atoms with E-state index in [1.165, 1.54) is 15.8 Å². The molecule has 2 aliphatic rings. The van der Waals surface area contributed by atoms with Crippen molar-refractivity contribution in [1.82, 2.24) is 30.0 Å². The third-order valence-corrected chi connectivity index (χ3v) is 7.33. The lowest BCUT2D eigenvalue weighted by Gasteiger charge is -2.33. The van der Waals surface area contributed by atoms with E-state index in [4.69, 9.17) is 14.7 Å². The summed E-state index contributed by atoms with van der Waals surface area (Å²) in [6, 6.07) is 0. The number of aromatic amines is 1. The van der Waals surface area contributed by atoms with E-state index in [-0.39, 0.29) is 0 Å². The first-order valence-corrected chi connectivity index (χ1v) is 11.6. The second-order valence-corrected chi connectivity index (χ2v) is 9.58. The summed E-state index contributed by atoms with van der Waals surface area (Å²) in [5.41, 5.74) is 1.30.